The summed E-state index contributed by atoms with van der Waals surface area (Å²) in [5.41, 5.74) is 1.33. The third-order valence-electron chi connectivity index (χ3n) is 2.44. The summed E-state index contributed by atoms with van der Waals surface area (Å²) in [4.78, 5) is 0. The van der Waals surface area contributed by atoms with Gasteiger partial charge in [-0.15, -0.1) is 0 Å². The Morgan fingerprint density at radius 3 is 2.81 bits per heavy atom. The summed E-state index contributed by atoms with van der Waals surface area (Å²) in [6, 6.07) is 8.24. The fraction of sp³-hybridized carbons (Fsp3) is 0.538. The molecule has 16 heavy (non-hydrogen) atoms. The van der Waals surface area contributed by atoms with Gasteiger partial charge in [-0.05, 0) is 37.1 Å². The van der Waals surface area contributed by atoms with Gasteiger partial charge in [0, 0.05) is 13.7 Å². The number of benzene rings is 1. The van der Waals surface area contributed by atoms with Gasteiger partial charge in [0.05, 0.1) is 13.7 Å². The molecular weight excluding hydrogens is 202 g/mol. The maximum atomic E-state index is 5.18. The number of nitrogens with one attached hydrogen (secondary N) is 1. The van der Waals surface area contributed by atoms with Crippen molar-refractivity contribution in [2.24, 2.45) is 0 Å². The van der Waals surface area contributed by atoms with Gasteiger partial charge < -0.3 is 14.8 Å². The molecule has 1 aromatic carbocycles. The summed E-state index contributed by atoms with van der Waals surface area (Å²) in [5.74, 6) is 0.935. The van der Waals surface area contributed by atoms with Crippen molar-refractivity contribution in [3.63, 3.8) is 0 Å². The molecule has 0 bridgehead atoms. The van der Waals surface area contributed by atoms with Crippen LogP contribution >= 0.6 is 0 Å². The summed E-state index contributed by atoms with van der Waals surface area (Å²) < 4.78 is 10.1. The minimum Gasteiger partial charge on any atom is -0.497 e. The van der Waals surface area contributed by atoms with Gasteiger partial charge in [-0.3, -0.25) is 0 Å². The highest BCUT2D eigenvalue weighted by molar-refractivity contribution is 5.28. The molecule has 0 aliphatic carbocycles. The van der Waals surface area contributed by atoms with Gasteiger partial charge in [0.15, 0.2) is 0 Å². The topological polar surface area (TPSA) is 30.5 Å². The van der Waals surface area contributed by atoms with E-state index in [1.807, 2.05) is 12.1 Å². The lowest BCUT2D eigenvalue weighted by molar-refractivity contribution is 0.199. The summed E-state index contributed by atoms with van der Waals surface area (Å²) >= 11 is 0. The Hall–Kier alpha value is -1.06. The zero-order valence-corrected chi connectivity index (χ0v) is 10.2. The molecule has 0 aromatic heterocycles. The van der Waals surface area contributed by atoms with Gasteiger partial charge in [-0.25, -0.2) is 0 Å². The van der Waals surface area contributed by atoms with Crippen LogP contribution in [0.4, 0.5) is 0 Å². The van der Waals surface area contributed by atoms with Crippen LogP contribution in [0.3, 0.4) is 0 Å². The first-order valence-corrected chi connectivity index (χ1v) is 5.69. The SMILES string of the molecule is COCCNCCCc1cccc(OC)c1. The molecule has 0 heterocycles. The Labute approximate surface area is 97.8 Å². The molecule has 1 rings (SSSR count). The lowest BCUT2D eigenvalue weighted by Crippen LogP contribution is -2.20. The molecule has 0 fully saturated rings. The van der Waals surface area contributed by atoms with Gasteiger partial charge in [0.2, 0.25) is 0 Å². The number of hydrogen-bond acceptors (Lipinski definition) is 3. The highest BCUT2D eigenvalue weighted by Crippen LogP contribution is 2.13. The summed E-state index contributed by atoms with van der Waals surface area (Å²) in [6.07, 6.45) is 2.22. The fourth-order valence-electron chi connectivity index (χ4n) is 1.54. The molecule has 0 saturated carbocycles. The molecule has 0 amide bonds. The Kier molecular flexibility index (Phi) is 6.61. The molecule has 1 aromatic rings. The second-order valence-corrected chi connectivity index (χ2v) is 3.70. The zero-order chi connectivity index (χ0) is 11.6. The molecule has 0 unspecified atom stereocenters. The van der Waals surface area contributed by atoms with Crippen LogP contribution in [0, 0.1) is 0 Å². The number of ether oxygens (including phenoxy) is 2. The van der Waals surface area contributed by atoms with E-state index in [1.165, 1.54) is 5.56 Å². The van der Waals surface area contributed by atoms with Crippen molar-refractivity contribution >= 4 is 0 Å². The van der Waals surface area contributed by atoms with Crippen LogP contribution in [0.2, 0.25) is 0 Å². The van der Waals surface area contributed by atoms with E-state index in [4.69, 9.17) is 9.47 Å². The predicted octanol–water partition coefficient (Wildman–Crippen LogP) is 1.86. The van der Waals surface area contributed by atoms with Crippen LogP contribution < -0.4 is 10.1 Å². The molecule has 1 N–H and O–H groups in total. The van der Waals surface area contributed by atoms with Crippen LogP contribution in [-0.2, 0) is 11.2 Å². The third kappa shape index (κ3) is 5.14. The first-order valence-electron chi connectivity index (χ1n) is 5.69. The minimum atomic E-state index is 0.777. The molecule has 90 valence electrons. The van der Waals surface area contributed by atoms with Gasteiger partial charge in [-0.2, -0.15) is 0 Å². The van der Waals surface area contributed by atoms with Crippen molar-refractivity contribution in [1.29, 1.82) is 0 Å². The molecule has 0 spiro atoms. The first kappa shape index (κ1) is 13.0. The smallest absolute Gasteiger partial charge is 0.119 e. The molecule has 0 saturated heterocycles. The summed E-state index contributed by atoms with van der Waals surface area (Å²) in [6.45, 7) is 2.73. The van der Waals surface area contributed by atoms with E-state index in [0.29, 0.717) is 0 Å². The monoisotopic (exact) mass is 223 g/mol. The van der Waals surface area contributed by atoms with Gasteiger partial charge in [0.1, 0.15) is 5.75 Å². The maximum absolute atomic E-state index is 5.18. The van der Waals surface area contributed by atoms with Crippen LogP contribution in [0.5, 0.6) is 5.75 Å². The number of aryl methyl sites for hydroxylation is 1. The first-order chi connectivity index (χ1) is 7.86. The van der Waals surface area contributed by atoms with Crippen LogP contribution in [0.15, 0.2) is 24.3 Å². The van der Waals surface area contributed by atoms with Gasteiger partial charge in [-0.1, -0.05) is 12.1 Å². The molecular formula is C13H21NO2. The van der Waals surface area contributed by atoms with Crippen LogP contribution in [0.25, 0.3) is 0 Å². The second kappa shape index (κ2) is 8.13. The molecule has 3 nitrogen and oxygen atoms in total. The van der Waals surface area contributed by atoms with Crippen molar-refractivity contribution in [3.8, 4) is 5.75 Å². The minimum absolute atomic E-state index is 0.777. The van der Waals surface area contributed by atoms with E-state index in [0.717, 1.165) is 38.3 Å². The standard InChI is InChI=1S/C13H21NO2/c1-15-10-9-14-8-4-6-12-5-3-7-13(11-12)16-2/h3,5,7,11,14H,4,6,8-10H2,1-2H3. The normalized spacial score (nSPS) is 10.4. The molecule has 0 aliphatic heterocycles. The largest absolute Gasteiger partial charge is 0.497 e. The van der Waals surface area contributed by atoms with E-state index < -0.39 is 0 Å². The van der Waals surface area contributed by atoms with Crippen molar-refractivity contribution in [3.05, 3.63) is 29.8 Å². The second-order valence-electron chi connectivity index (χ2n) is 3.70. The van der Waals surface area contributed by atoms with Crippen molar-refractivity contribution in [2.75, 3.05) is 33.9 Å². The number of rotatable bonds is 8. The zero-order valence-electron chi connectivity index (χ0n) is 10.2. The maximum Gasteiger partial charge on any atom is 0.119 e. The Morgan fingerprint density at radius 1 is 1.19 bits per heavy atom. The van der Waals surface area contributed by atoms with E-state index >= 15 is 0 Å². The van der Waals surface area contributed by atoms with Gasteiger partial charge >= 0.3 is 0 Å². The molecule has 3 heteroatoms. The summed E-state index contributed by atoms with van der Waals surface area (Å²) in [5, 5.41) is 3.33. The van der Waals surface area contributed by atoms with E-state index in [2.05, 4.69) is 17.4 Å². The number of hydrogen-bond donors (Lipinski definition) is 1. The highest BCUT2D eigenvalue weighted by atomic mass is 16.5. The molecule has 0 atom stereocenters. The van der Waals surface area contributed by atoms with E-state index in [9.17, 15) is 0 Å². The van der Waals surface area contributed by atoms with Crippen molar-refractivity contribution in [2.45, 2.75) is 12.8 Å². The average molecular weight is 223 g/mol. The van der Waals surface area contributed by atoms with Crippen molar-refractivity contribution < 1.29 is 9.47 Å². The fourth-order valence-corrected chi connectivity index (χ4v) is 1.54. The Morgan fingerprint density at radius 2 is 2.06 bits per heavy atom. The van der Waals surface area contributed by atoms with E-state index in [1.54, 1.807) is 14.2 Å². The molecule has 0 radical (unpaired) electrons. The average Bonchev–Trinajstić information content (AvgIpc) is 2.34. The van der Waals surface area contributed by atoms with E-state index in [-0.39, 0.29) is 0 Å². The Bertz CT molecular complexity index is 289. The quantitative estimate of drug-likeness (QED) is 0.682. The third-order valence-corrected chi connectivity index (χ3v) is 2.44. The lowest BCUT2D eigenvalue weighted by atomic mass is 10.1. The van der Waals surface area contributed by atoms with Gasteiger partial charge in [0.25, 0.3) is 0 Å². The predicted molar refractivity (Wildman–Crippen MR) is 66.1 cm³/mol. The molecule has 0 aliphatic rings. The highest BCUT2D eigenvalue weighted by Gasteiger charge is 1.95. The Balaban J connectivity index is 2.16. The van der Waals surface area contributed by atoms with Crippen LogP contribution in [-0.4, -0.2) is 33.9 Å². The number of methoxy groups -OCH3 is 2. The van der Waals surface area contributed by atoms with Crippen molar-refractivity contribution in [1.82, 2.24) is 5.32 Å². The van der Waals surface area contributed by atoms with Crippen LogP contribution in [0.1, 0.15) is 12.0 Å². The lowest BCUT2D eigenvalue weighted by Gasteiger charge is -2.05. The summed E-state index contributed by atoms with van der Waals surface area (Å²) in [7, 11) is 3.42.